The molecule has 3 N–H and O–H groups in total. The lowest BCUT2D eigenvalue weighted by Gasteiger charge is -2.29. The van der Waals surface area contributed by atoms with Crippen LogP contribution in [0.1, 0.15) is 40.5 Å². The topological polar surface area (TPSA) is 55.3 Å². The average molecular weight is 252 g/mol. The van der Waals surface area contributed by atoms with Gasteiger partial charge in [0.2, 0.25) is 5.91 Å². The Morgan fingerprint density at radius 2 is 1.83 bits per heavy atom. The molecule has 0 aromatic carbocycles. The molecule has 3 heteroatoms. The molecule has 0 aliphatic carbocycles. The second-order valence-electron chi connectivity index (χ2n) is 4.03. The van der Waals surface area contributed by atoms with E-state index in [0.717, 1.165) is 18.7 Å². The summed E-state index contributed by atoms with van der Waals surface area (Å²) in [5, 5.41) is 0. The Morgan fingerprint density at radius 1 is 1.28 bits per heavy atom. The lowest BCUT2D eigenvalue weighted by atomic mass is 9.96. The van der Waals surface area contributed by atoms with Gasteiger partial charge in [-0.15, -0.1) is 0 Å². The van der Waals surface area contributed by atoms with E-state index in [1.165, 1.54) is 12.0 Å². The smallest absolute Gasteiger partial charge is 0.227 e. The van der Waals surface area contributed by atoms with E-state index < -0.39 is 0 Å². The molecule has 0 bridgehead atoms. The Morgan fingerprint density at radius 3 is 2.22 bits per heavy atom. The molecule has 0 aromatic rings. The maximum Gasteiger partial charge on any atom is 0.227 e. The molecule has 0 unspecified atom stereocenters. The Bertz CT molecular complexity index is 316. The van der Waals surface area contributed by atoms with Gasteiger partial charge in [0.15, 0.2) is 0 Å². The third-order valence-corrected chi connectivity index (χ3v) is 2.52. The van der Waals surface area contributed by atoms with Crippen LogP contribution in [0.4, 0.5) is 0 Å². The van der Waals surface area contributed by atoms with Gasteiger partial charge in [0.25, 0.3) is 0 Å². The van der Waals surface area contributed by atoms with Crippen molar-refractivity contribution in [2.45, 2.75) is 40.5 Å². The van der Waals surface area contributed by atoms with Crippen LogP contribution in [-0.2, 0) is 4.79 Å². The van der Waals surface area contributed by atoms with Gasteiger partial charge in [-0.1, -0.05) is 45.1 Å². The average Bonchev–Trinajstić information content (AvgIpc) is 2.31. The fourth-order valence-corrected chi connectivity index (χ4v) is 1.66. The molecule has 1 saturated heterocycles. The molecular weight excluding hydrogens is 224 g/mol. The monoisotopic (exact) mass is 252 g/mol. The van der Waals surface area contributed by atoms with Gasteiger partial charge >= 0.3 is 0 Å². The third kappa shape index (κ3) is 5.82. The number of rotatable bonds is 2. The highest BCUT2D eigenvalue weighted by Gasteiger charge is 2.22. The zero-order chi connectivity index (χ0) is 13.3. The molecule has 1 amide bonds. The zero-order valence-electron chi connectivity index (χ0n) is 12.3. The van der Waals surface area contributed by atoms with Gasteiger partial charge < -0.3 is 11.1 Å². The highest BCUT2D eigenvalue weighted by atomic mass is 16.2. The third-order valence-electron chi connectivity index (χ3n) is 2.52. The highest BCUT2D eigenvalue weighted by molar-refractivity contribution is 5.82. The summed E-state index contributed by atoms with van der Waals surface area (Å²) < 4.78 is 0. The standard InChI is InChI=1S/C12H17NO.C3H8.H3N/c1-4-7-11-8-12(14)13(6-3)9-10(11)5-2;1-3-2;/h4-5,7H,1,6,8-9H2,2-3H3;3H2,1-2H3;1H3/b10-5-,11-7-;;. The molecule has 1 heterocycles. The van der Waals surface area contributed by atoms with Crippen LogP contribution in [0.3, 0.4) is 0 Å². The lowest BCUT2D eigenvalue weighted by Crippen LogP contribution is -2.37. The van der Waals surface area contributed by atoms with Crippen molar-refractivity contribution in [2.75, 3.05) is 13.1 Å². The number of nitrogens with zero attached hydrogens (tertiary/aromatic N) is 1. The predicted octanol–water partition coefficient (Wildman–Crippen LogP) is 3.88. The number of carbonyl (C=O) groups excluding carboxylic acids is 1. The van der Waals surface area contributed by atoms with Crippen LogP contribution < -0.4 is 6.15 Å². The molecule has 1 aliphatic rings. The van der Waals surface area contributed by atoms with Gasteiger partial charge in [-0.25, -0.2) is 0 Å². The van der Waals surface area contributed by atoms with Crippen molar-refractivity contribution in [3.63, 3.8) is 0 Å². The van der Waals surface area contributed by atoms with Crippen LogP contribution >= 0.6 is 0 Å². The molecule has 18 heavy (non-hydrogen) atoms. The van der Waals surface area contributed by atoms with Gasteiger partial charge in [-0.3, -0.25) is 4.79 Å². The van der Waals surface area contributed by atoms with E-state index in [-0.39, 0.29) is 12.1 Å². The molecule has 0 atom stereocenters. The van der Waals surface area contributed by atoms with E-state index in [2.05, 4.69) is 26.5 Å². The van der Waals surface area contributed by atoms with Crippen molar-refractivity contribution in [3.8, 4) is 0 Å². The summed E-state index contributed by atoms with van der Waals surface area (Å²) in [4.78, 5) is 13.5. The molecule has 0 spiro atoms. The van der Waals surface area contributed by atoms with Crippen LogP contribution in [0.15, 0.2) is 36.0 Å². The molecule has 104 valence electrons. The number of piperidine rings is 1. The maximum atomic E-state index is 11.6. The first kappa shape index (κ1) is 19.0. The first-order valence-electron chi connectivity index (χ1n) is 6.39. The number of amides is 1. The molecule has 1 rings (SSSR count). The number of likely N-dealkylation sites (N-methyl/N-ethyl adjacent to an activating group) is 1. The van der Waals surface area contributed by atoms with Crippen molar-refractivity contribution in [1.29, 1.82) is 0 Å². The number of hydrogen-bond acceptors (Lipinski definition) is 2. The normalized spacial score (nSPS) is 19.1. The van der Waals surface area contributed by atoms with E-state index in [4.69, 9.17) is 0 Å². The van der Waals surface area contributed by atoms with E-state index in [9.17, 15) is 4.79 Å². The summed E-state index contributed by atoms with van der Waals surface area (Å²) in [6.07, 6.45) is 7.51. The van der Waals surface area contributed by atoms with Gasteiger partial charge in [-0.05, 0) is 25.0 Å². The summed E-state index contributed by atoms with van der Waals surface area (Å²) in [6, 6.07) is 0. The minimum absolute atomic E-state index is 0. The lowest BCUT2D eigenvalue weighted by molar-refractivity contribution is -0.130. The predicted molar refractivity (Wildman–Crippen MR) is 79.9 cm³/mol. The minimum Gasteiger partial charge on any atom is -0.344 e. The summed E-state index contributed by atoms with van der Waals surface area (Å²) in [7, 11) is 0. The molecule has 0 aromatic heterocycles. The van der Waals surface area contributed by atoms with Crippen molar-refractivity contribution in [3.05, 3.63) is 36.0 Å². The maximum absolute atomic E-state index is 11.6. The first-order chi connectivity index (χ1) is 8.14. The fourth-order valence-electron chi connectivity index (χ4n) is 1.66. The Balaban J connectivity index is 0. The summed E-state index contributed by atoms with van der Waals surface area (Å²) in [5.74, 6) is 0.214. The van der Waals surface area contributed by atoms with Gasteiger partial charge in [0.05, 0.1) is 6.42 Å². The summed E-state index contributed by atoms with van der Waals surface area (Å²) in [6.45, 7) is 13.5. The number of carbonyl (C=O) groups is 1. The van der Waals surface area contributed by atoms with E-state index >= 15 is 0 Å². The SMILES string of the molecule is C=C/C=C1/CC(=O)N(CC)C/C1=C/C.CCC.N. The van der Waals surface area contributed by atoms with Crippen molar-refractivity contribution >= 4 is 5.91 Å². The van der Waals surface area contributed by atoms with Crippen LogP contribution in [0, 0.1) is 0 Å². The van der Waals surface area contributed by atoms with Gasteiger partial charge in [0, 0.05) is 13.1 Å². The van der Waals surface area contributed by atoms with Crippen LogP contribution in [-0.4, -0.2) is 23.9 Å². The largest absolute Gasteiger partial charge is 0.344 e. The molecule has 1 fully saturated rings. The van der Waals surface area contributed by atoms with Crippen molar-refractivity contribution < 1.29 is 4.79 Å². The minimum atomic E-state index is 0. The number of allylic oxidation sites excluding steroid dienone is 3. The Hall–Kier alpha value is -1.35. The quantitative estimate of drug-likeness (QED) is 0.811. The van der Waals surface area contributed by atoms with Crippen LogP contribution in [0.5, 0.6) is 0 Å². The van der Waals surface area contributed by atoms with E-state index in [1.807, 2.05) is 24.8 Å². The van der Waals surface area contributed by atoms with Crippen molar-refractivity contribution in [1.82, 2.24) is 11.1 Å². The van der Waals surface area contributed by atoms with Gasteiger partial charge in [0.1, 0.15) is 0 Å². The van der Waals surface area contributed by atoms with Gasteiger partial charge in [-0.2, -0.15) is 0 Å². The summed E-state index contributed by atoms with van der Waals surface area (Å²) in [5.41, 5.74) is 2.35. The second-order valence-corrected chi connectivity index (χ2v) is 4.03. The molecule has 0 saturated carbocycles. The van der Waals surface area contributed by atoms with Crippen LogP contribution in [0.2, 0.25) is 0 Å². The first-order valence-corrected chi connectivity index (χ1v) is 6.39. The zero-order valence-corrected chi connectivity index (χ0v) is 12.3. The number of hydrogen-bond donors (Lipinski definition) is 1. The molecular formula is C15H28N2O. The van der Waals surface area contributed by atoms with E-state index in [1.54, 1.807) is 6.08 Å². The molecule has 3 nitrogen and oxygen atoms in total. The molecule has 1 aliphatic heterocycles. The highest BCUT2D eigenvalue weighted by Crippen LogP contribution is 2.22. The van der Waals surface area contributed by atoms with E-state index in [0.29, 0.717) is 6.42 Å². The number of likely N-dealkylation sites (tertiary alicyclic amines) is 1. The van der Waals surface area contributed by atoms with Crippen LogP contribution in [0.25, 0.3) is 0 Å². The molecule has 0 radical (unpaired) electrons. The van der Waals surface area contributed by atoms with Crippen molar-refractivity contribution in [2.24, 2.45) is 0 Å². The fraction of sp³-hybridized carbons (Fsp3) is 0.533. The Labute approximate surface area is 112 Å². The second kappa shape index (κ2) is 10.8. The summed E-state index contributed by atoms with van der Waals surface area (Å²) >= 11 is 0. The Kier molecular flexibility index (Phi) is 11.4.